The van der Waals surface area contributed by atoms with E-state index in [1.165, 1.54) is 11.8 Å². The number of ether oxygens (including phenoxy) is 3. The van der Waals surface area contributed by atoms with Gasteiger partial charge in [0, 0.05) is 90.2 Å². The van der Waals surface area contributed by atoms with Crippen molar-refractivity contribution in [3.8, 4) is 22.6 Å². The van der Waals surface area contributed by atoms with Gasteiger partial charge in [0.05, 0.1) is 12.2 Å². The standard InChI is InChI=1S/C36H42F3N5O6S/c1-19-13-28(51-6)27(33(46)42-19)16-41-32(45)25-14-26(23-7-8-29(40-15-23)44-17-20(2)48-21(3)18-44)31-30(22(25)4)49-35(5,50-31)24-9-11-43(12-10-24)34(47)36(37,38)39/h7-8,13-15,20-21,24H,9-12,16-18H2,1-6H3,(H,41,45)(H,42,46)/t20-,21+,35-/m0/s1. The molecule has 2 N–H and O–H groups in total. The average molecular weight is 730 g/mol. The van der Waals surface area contributed by atoms with E-state index in [1.807, 2.05) is 38.3 Å². The summed E-state index contributed by atoms with van der Waals surface area (Å²) in [5.74, 6) is -2.41. The molecule has 3 aliphatic rings. The van der Waals surface area contributed by atoms with Crippen molar-refractivity contribution in [3.63, 3.8) is 0 Å². The van der Waals surface area contributed by atoms with Crippen LogP contribution >= 0.6 is 11.8 Å². The van der Waals surface area contributed by atoms with Crippen molar-refractivity contribution in [2.75, 3.05) is 37.3 Å². The van der Waals surface area contributed by atoms with Gasteiger partial charge in [-0.05, 0) is 71.1 Å². The number of rotatable bonds is 7. The van der Waals surface area contributed by atoms with Gasteiger partial charge in [-0.2, -0.15) is 13.2 Å². The molecule has 6 rings (SSSR count). The fraction of sp³-hybridized carbons (Fsp3) is 0.500. The van der Waals surface area contributed by atoms with Crippen LogP contribution in [0.4, 0.5) is 19.0 Å². The highest BCUT2D eigenvalue weighted by Gasteiger charge is 2.50. The summed E-state index contributed by atoms with van der Waals surface area (Å²) in [5, 5.41) is 2.90. The molecule has 2 amide bonds. The number of thioether (sulfide) groups is 1. The fourth-order valence-corrected chi connectivity index (χ4v) is 7.89. The quantitative estimate of drug-likeness (QED) is 0.299. The second kappa shape index (κ2) is 14.1. The molecule has 3 aromatic rings. The topological polar surface area (TPSA) is 126 Å². The number of amides is 2. The normalized spacial score (nSPS) is 22.3. The van der Waals surface area contributed by atoms with Crippen LogP contribution in [-0.4, -0.2) is 83.3 Å². The maximum absolute atomic E-state index is 13.9. The highest BCUT2D eigenvalue weighted by Crippen LogP contribution is 2.52. The number of hydrogen-bond donors (Lipinski definition) is 2. The molecule has 2 fully saturated rings. The number of nitrogens with zero attached hydrogens (tertiary/aromatic N) is 3. The molecular formula is C36H42F3N5O6S. The minimum atomic E-state index is -4.94. The fourth-order valence-electron chi connectivity index (χ4n) is 7.18. The highest BCUT2D eigenvalue weighted by molar-refractivity contribution is 7.98. The zero-order valence-electron chi connectivity index (χ0n) is 29.4. The number of aromatic nitrogens is 2. The molecule has 5 heterocycles. The van der Waals surface area contributed by atoms with E-state index >= 15 is 0 Å². The molecule has 3 atom stereocenters. The molecule has 3 aliphatic heterocycles. The molecule has 274 valence electrons. The van der Waals surface area contributed by atoms with E-state index in [0.717, 1.165) is 15.6 Å². The Labute approximate surface area is 298 Å². The lowest BCUT2D eigenvalue weighted by Crippen LogP contribution is -2.51. The molecule has 15 heteroatoms. The summed E-state index contributed by atoms with van der Waals surface area (Å²) < 4.78 is 58.4. The lowest BCUT2D eigenvalue weighted by Gasteiger charge is -2.38. The Balaban J connectivity index is 1.32. The number of aromatic amines is 1. The van der Waals surface area contributed by atoms with Gasteiger partial charge in [0.2, 0.25) is 0 Å². The smallest absolute Gasteiger partial charge is 0.448 e. The van der Waals surface area contributed by atoms with Crippen LogP contribution in [0.5, 0.6) is 11.5 Å². The Morgan fingerprint density at radius 2 is 1.75 bits per heavy atom. The number of carbonyl (C=O) groups is 2. The Bertz CT molecular complexity index is 1870. The number of alkyl halides is 3. The second-order valence-electron chi connectivity index (χ2n) is 13.6. The van der Waals surface area contributed by atoms with Crippen LogP contribution in [0, 0.1) is 19.8 Å². The van der Waals surface area contributed by atoms with Gasteiger partial charge in [-0.25, -0.2) is 4.98 Å². The number of H-pyrrole nitrogens is 1. The van der Waals surface area contributed by atoms with E-state index in [-0.39, 0.29) is 56.2 Å². The minimum Gasteiger partial charge on any atom is -0.448 e. The number of halogens is 3. The van der Waals surface area contributed by atoms with Gasteiger partial charge in [0.1, 0.15) is 5.82 Å². The van der Waals surface area contributed by atoms with E-state index in [2.05, 4.69) is 15.2 Å². The maximum Gasteiger partial charge on any atom is 0.471 e. The molecule has 51 heavy (non-hydrogen) atoms. The summed E-state index contributed by atoms with van der Waals surface area (Å²) in [6.07, 6.45) is -0.831. The number of morpholine rings is 1. The van der Waals surface area contributed by atoms with E-state index in [0.29, 0.717) is 58.1 Å². The molecule has 0 spiro atoms. The van der Waals surface area contributed by atoms with Crippen LogP contribution in [0.15, 0.2) is 40.2 Å². The van der Waals surface area contributed by atoms with Crippen LogP contribution in [0.3, 0.4) is 0 Å². The molecule has 0 aliphatic carbocycles. The Morgan fingerprint density at radius 3 is 2.35 bits per heavy atom. The predicted molar refractivity (Wildman–Crippen MR) is 186 cm³/mol. The SMILES string of the molecule is CSc1cc(C)[nH]c(=O)c1CNC(=O)c1cc(-c2ccc(N3C[C@@H](C)O[C@@H](C)C3)nc2)c2c(c1C)O[C@](C)(C1CCN(C(=O)C(F)(F)F)CC1)O2. The number of anilines is 1. The third kappa shape index (κ3) is 7.41. The molecule has 2 saturated heterocycles. The minimum absolute atomic E-state index is 0.00653. The molecule has 1 aromatic carbocycles. The van der Waals surface area contributed by atoms with Gasteiger partial charge < -0.3 is 34.3 Å². The van der Waals surface area contributed by atoms with Gasteiger partial charge in [-0.1, -0.05) is 0 Å². The van der Waals surface area contributed by atoms with Crippen molar-refractivity contribution in [1.82, 2.24) is 20.2 Å². The largest absolute Gasteiger partial charge is 0.471 e. The van der Waals surface area contributed by atoms with E-state index in [1.54, 1.807) is 33.0 Å². The molecular weight excluding hydrogens is 687 g/mol. The van der Waals surface area contributed by atoms with Crippen molar-refractivity contribution >= 4 is 29.4 Å². The third-order valence-electron chi connectivity index (χ3n) is 9.78. The van der Waals surface area contributed by atoms with Crippen LogP contribution in [0.25, 0.3) is 11.1 Å². The summed E-state index contributed by atoms with van der Waals surface area (Å²) in [4.78, 5) is 49.8. The molecule has 0 radical (unpaired) electrons. The number of nitrogens with one attached hydrogen (secondary N) is 2. The van der Waals surface area contributed by atoms with Crippen molar-refractivity contribution in [3.05, 3.63) is 63.2 Å². The molecule has 0 unspecified atom stereocenters. The first-order valence-corrected chi connectivity index (χ1v) is 18.1. The molecule has 0 bridgehead atoms. The third-order valence-corrected chi connectivity index (χ3v) is 10.6. The first kappa shape index (κ1) is 36.5. The molecule has 0 saturated carbocycles. The van der Waals surface area contributed by atoms with Gasteiger partial charge in [0.25, 0.3) is 17.3 Å². The lowest BCUT2D eigenvalue weighted by molar-refractivity contribution is -0.189. The number of likely N-dealkylation sites (tertiary alicyclic amines) is 1. The van der Waals surface area contributed by atoms with Crippen molar-refractivity contribution in [2.24, 2.45) is 5.92 Å². The maximum atomic E-state index is 13.9. The predicted octanol–water partition coefficient (Wildman–Crippen LogP) is 5.61. The van der Waals surface area contributed by atoms with E-state index < -0.39 is 23.8 Å². The monoisotopic (exact) mass is 729 g/mol. The zero-order valence-corrected chi connectivity index (χ0v) is 30.2. The summed E-state index contributed by atoms with van der Waals surface area (Å²) in [7, 11) is 0. The number of carbonyl (C=O) groups excluding carboxylic acids is 2. The van der Waals surface area contributed by atoms with Gasteiger partial charge in [0.15, 0.2) is 11.5 Å². The van der Waals surface area contributed by atoms with Crippen LogP contribution in [0.1, 0.15) is 60.8 Å². The summed E-state index contributed by atoms with van der Waals surface area (Å²) >= 11 is 1.42. The summed E-state index contributed by atoms with van der Waals surface area (Å²) in [6, 6.07) is 7.38. The number of benzene rings is 1. The molecule has 2 aromatic heterocycles. The zero-order chi connectivity index (χ0) is 36.8. The van der Waals surface area contributed by atoms with Crippen molar-refractivity contribution < 1.29 is 37.0 Å². The average Bonchev–Trinajstić information content (AvgIpc) is 3.45. The van der Waals surface area contributed by atoms with Gasteiger partial charge >= 0.3 is 12.1 Å². The first-order valence-electron chi connectivity index (χ1n) is 16.9. The van der Waals surface area contributed by atoms with Crippen LogP contribution < -0.4 is 25.2 Å². The van der Waals surface area contributed by atoms with Crippen molar-refractivity contribution in [2.45, 2.75) is 83.1 Å². The summed E-state index contributed by atoms with van der Waals surface area (Å²) in [5.41, 5.74) is 2.89. The number of aryl methyl sites for hydroxylation is 1. The van der Waals surface area contributed by atoms with Gasteiger partial charge in [-0.3, -0.25) is 14.4 Å². The summed E-state index contributed by atoms with van der Waals surface area (Å²) in [6.45, 7) is 10.5. The number of fused-ring (bicyclic) bond motifs is 1. The van der Waals surface area contributed by atoms with Crippen LogP contribution in [-0.2, 0) is 16.1 Å². The Morgan fingerprint density at radius 1 is 1.08 bits per heavy atom. The van der Waals surface area contributed by atoms with Crippen LogP contribution in [0.2, 0.25) is 0 Å². The van der Waals surface area contributed by atoms with E-state index in [4.69, 9.17) is 19.2 Å². The Hall–Kier alpha value is -4.24. The number of piperidine rings is 1. The number of hydrogen-bond acceptors (Lipinski definition) is 9. The van der Waals surface area contributed by atoms with Gasteiger partial charge in [-0.15, -0.1) is 11.8 Å². The number of pyridine rings is 2. The lowest BCUT2D eigenvalue weighted by atomic mass is 9.89. The Kier molecular flexibility index (Phi) is 10.1. The first-order chi connectivity index (χ1) is 24.1. The molecule has 11 nitrogen and oxygen atoms in total. The highest BCUT2D eigenvalue weighted by atomic mass is 32.2. The second-order valence-corrected chi connectivity index (χ2v) is 14.5. The van der Waals surface area contributed by atoms with Crippen molar-refractivity contribution in [1.29, 1.82) is 0 Å². The van der Waals surface area contributed by atoms with E-state index in [9.17, 15) is 27.6 Å².